The number of rotatable bonds is 14. The number of unbranched alkanes of at least 4 members (excludes halogenated alkanes) is 4. The number of amides is 1. The van der Waals surface area contributed by atoms with Crippen molar-refractivity contribution < 1.29 is 9.72 Å². The molecule has 0 saturated carbocycles. The van der Waals surface area contributed by atoms with Crippen LogP contribution in [0.2, 0.25) is 0 Å². The number of hydrogen-bond acceptors (Lipinski definition) is 5. The summed E-state index contributed by atoms with van der Waals surface area (Å²) in [6.45, 7) is 11.0. The zero-order chi connectivity index (χ0) is 20.2. The maximum Gasteiger partial charge on any atom is 0.307 e. The fourth-order valence-corrected chi connectivity index (χ4v) is 3.02. The molecule has 0 saturated heterocycles. The van der Waals surface area contributed by atoms with Gasteiger partial charge in [0.2, 0.25) is 5.91 Å². The van der Waals surface area contributed by atoms with Crippen LogP contribution in [0.5, 0.6) is 0 Å². The minimum Gasteiger partial charge on any atom is -0.351 e. The fraction of sp³-hybridized carbons (Fsp3) is 0.789. The molecule has 8 nitrogen and oxygen atoms in total. The number of nitrogens with one attached hydrogen (secondary N) is 1. The Morgan fingerprint density at radius 2 is 1.81 bits per heavy atom. The molecule has 8 heteroatoms. The molecule has 1 amide bonds. The molecule has 0 aliphatic heterocycles. The molecule has 0 spiro atoms. The van der Waals surface area contributed by atoms with Gasteiger partial charge in [0, 0.05) is 12.6 Å². The summed E-state index contributed by atoms with van der Waals surface area (Å²) in [4.78, 5) is 25.2. The van der Waals surface area contributed by atoms with Crippen LogP contribution in [0.3, 0.4) is 0 Å². The Kier molecular flexibility index (Phi) is 10.6. The van der Waals surface area contributed by atoms with E-state index in [4.69, 9.17) is 0 Å². The molecule has 27 heavy (non-hydrogen) atoms. The third-order valence-electron chi connectivity index (χ3n) is 4.65. The average Bonchev–Trinajstić information content (AvgIpc) is 3.11. The molecule has 1 rings (SSSR count). The van der Waals surface area contributed by atoms with E-state index < -0.39 is 11.0 Å². The lowest BCUT2D eigenvalue weighted by Gasteiger charge is -2.27. The highest BCUT2D eigenvalue weighted by atomic mass is 16.6. The number of carbonyl (C=O) groups excluding carboxylic acids is 1. The first-order valence-electron chi connectivity index (χ1n) is 10.1. The van der Waals surface area contributed by atoms with Gasteiger partial charge in [0.25, 0.3) is 0 Å². The first-order chi connectivity index (χ1) is 12.9. The minimum absolute atomic E-state index is 0.00810. The van der Waals surface area contributed by atoms with E-state index in [0.717, 1.165) is 25.8 Å². The summed E-state index contributed by atoms with van der Waals surface area (Å²) in [5, 5.41) is 17.7. The van der Waals surface area contributed by atoms with E-state index >= 15 is 0 Å². The second-order valence-corrected chi connectivity index (χ2v) is 7.24. The summed E-state index contributed by atoms with van der Waals surface area (Å²) >= 11 is 0. The van der Waals surface area contributed by atoms with Crippen molar-refractivity contribution in [3.63, 3.8) is 0 Å². The Bertz CT molecular complexity index is 565. The molecule has 0 bridgehead atoms. The van der Waals surface area contributed by atoms with Crippen LogP contribution in [0.15, 0.2) is 12.4 Å². The molecule has 154 valence electrons. The molecule has 1 aromatic rings. The zero-order valence-electron chi connectivity index (χ0n) is 17.2. The van der Waals surface area contributed by atoms with Gasteiger partial charge in [-0.1, -0.05) is 39.5 Å². The van der Waals surface area contributed by atoms with Gasteiger partial charge in [-0.2, -0.15) is 5.10 Å². The van der Waals surface area contributed by atoms with E-state index in [1.54, 1.807) is 6.92 Å². The van der Waals surface area contributed by atoms with Crippen LogP contribution in [-0.2, 0) is 4.79 Å². The van der Waals surface area contributed by atoms with Crippen molar-refractivity contribution in [2.45, 2.75) is 78.3 Å². The number of carbonyl (C=O) groups is 1. The lowest BCUT2D eigenvalue weighted by molar-refractivity contribution is -0.385. The standard InChI is InChI=1S/C19H35N5O3/c1-5-7-9-11-22(12-10-8-6-2)14-16(3)21-19(25)17(4)23-15-18(13-20-23)24(26)27/h13,15-17H,5-12,14H2,1-4H3,(H,21,25). The van der Waals surface area contributed by atoms with Gasteiger partial charge >= 0.3 is 5.69 Å². The third-order valence-corrected chi connectivity index (χ3v) is 4.65. The molecular weight excluding hydrogens is 346 g/mol. The van der Waals surface area contributed by atoms with Gasteiger partial charge in [0.1, 0.15) is 18.4 Å². The van der Waals surface area contributed by atoms with Crippen LogP contribution in [0, 0.1) is 10.1 Å². The van der Waals surface area contributed by atoms with Crippen LogP contribution in [-0.4, -0.2) is 51.2 Å². The molecular formula is C19H35N5O3. The third kappa shape index (κ3) is 8.51. The van der Waals surface area contributed by atoms with E-state index in [-0.39, 0.29) is 17.6 Å². The summed E-state index contributed by atoms with van der Waals surface area (Å²) in [5.41, 5.74) is -0.110. The van der Waals surface area contributed by atoms with E-state index in [2.05, 4.69) is 29.2 Å². The maximum atomic E-state index is 12.5. The summed E-state index contributed by atoms with van der Waals surface area (Å²) in [6.07, 6.45) is 9.64. The Balaban J connectivity index is 2.54. The normalized spacial score (nSPS) is 13.5. The highest BCUT2D eigenvalue weighted by Gasteiger charge is 2.21. The molecule has 0 radical (unpaired) electrons. The van der Waals surface area contributed by atoms with Crippen molar-refractivity contribution in [1.29, 1.82) is 0 Å². The van der Waals surface area contributed by atoms with Gasteiger partial charge in [-0.15, -0.1) is 0 Å². The SMILES string of the molecule is CCCCCN(CCCCC)CC(C)NC(=O)C(C)n1cc([N+](=O)[O-])cn1. The Morgan fingerprint density at radius 3 is 2.30 bits per heavy atom. The molecule has 2 atom stereocenters. The summed E-state index contributed by atoms with van der Waals surface area (Å²) in [7, 11) is 0. The first-order valence-corrected chi connectivity index (χ1v) is 10.1. The lowest BCUT2D eigenvalue weighted by Crippen LogP contribution is -2.44. The van der Waals surface area contributed by atoms with Gasteiger partial charge in [-0.05, 0) is 39.8 Å². The quantitative estimate of drug-likeness (QED) is 0.302. The lowest BCUT2D eigenvalue weighted by atomic mass is 10.2. The predicted molar refractivity (Wildman–Crippen MR) is 107 cm³/mol. The smallest absolute Gasteiger partial charge is 0.307 e. The minimum atomic E-state index is -0.588. The fourth-order valence-electron chi connectivity index (χ4n) is 3.02. The largest absolute Gasteiger partial charge is 0.351 e. The van der Waals surface area contributed by atoms with Crippen molar-refractivity contribution in [3.8, 4) is 0 Å². The molecule has 0 aliphatic rings. The topological polar surface area (TPSA) is 93.3 Å². The van der Waals surface area contributed by atoms with Gasteiger partial charge < -0.3 is 10.2 Å². The number of nitro groups is 1. The molecule has 2 unspecified atom stereocenters. The van der Waals surface area contributed by atoms with Gasteiger partial charge in [0.15, 0.2) is 0 Å². The summed E-state index contributed by atoms with van der Waals surface area (Å²) in [5.74, 6) is -0.178. The molecule has 0 aromatic carbocycles. The maximum absolute atomic E-state index is 12.5. The van der Waals surface area contributed by atoms with Gasteiger partial charge in [-0.3, -0.25) is 19.6 Å². The monoisotopic (exact) mass is 381 g/mol. The molecule has 1 N–H and O–H groups in total. The number of nitrogens with zero attached hydrogens (tertiary/aromatic N) is 4. The first kappa shape index (κ1) is 23.1. The molecule has 1 aromatic heterocycles. The van der Waals surface area contributed by atoms with Crippen LogP contribution >= 0.6 is 0 Å². The molecule has 0 aliphatic carbocycles. The average molecular weight is 382 g/mol. The van der Waals surface area contributed by atoms with Crippen molar-refractivity contribution in [3.05, 3.63) is 22.5 Å². The van der Waals surface area contributed by atoms with E-state index in [1.807, 2.05) is 6.92 Å². The summed E-state index contributed by atoms with van der Waals surface area (Å²) in [6, 6.07) is -0.580. The Hall–Kier alpha value is -1.96. The predicted octanol–water partition coefficient (Wildman–Crippen LogP) is 3.54. The van der Waals surface area contributed by atoms with Crippen molar-refractivity contribution in [2.24, 2.45) is 0 Å². The van der Waals surface area contributed by atoms with Gasteiger partial charge in [-0.25, -0.2) is 0 Å². The van der Waals surface area contributed by atoms with E-state index in [0.29, 0.717) is 0 Å². The summed E-state index contributed by atoms with van der Waals surface area (Å²) < 4.78 is 1.33. The van der Waals surface area contributed by atoms with Crippen LogP contribution in [0.25, 0.3) is 0 Å². The second-order valence-electron chi connectivity index (χ2n) is 7.24. The Labute approximate surface area is 162 Å². The van der Waals surface area contributed by atoms with Crippen LogP contribution < -0.4 is 5.32 Å². The van der Waals surface area contributed by atoms with Crippen LogP contribution in [0.1, 0.15) is 72.3 Å². The van der Waals surface area contributed by atoms with Crippen molar-refractivity contribution in [1.82, 2.24) is 20.0 Å². The molecule has 0 fully saturated rings. The van der Waals surface area contributed by atoms with Gasteiger partial charge in [0.05, 0.1) is 4.92 Å². The molecule has 1 heterocycles. The number of aromatic nitrogens is 2. The Morgan fingerprint density at radius 1 is 1.22 bits per heavy atom. The highest BCUT2D eigenvalue weighted by Crippen LogP contribution is 2.13. The van der Waals surface area contributed by atoms with Crippen molar-refractivity contribution >= 4 is 11.6 Å². The van der Waals surface area contributed by atoms with E-state index in [9.17, 15) is 14.9 Å². The van der Waals surface area contributed by atoms with Crippen LogP contribution in [0.4, 0.5) is 5.69 Å². The second kappa shape index (κ2) is 12.4. The number of hydrogen-bond donors (Lipinski definition) is 1. The zero-order valence-corrected chi connectivity index (χ0v) is 17.2. The van der Waals surface area contributed by atoms with Crippen molar-refractivity contribution in [2.75, 3.05) is 19.6 Å². The highest BCUT2D eigenvalue weighted by molar-refractivity contribution is 5.80. The van der Waals surface area contributed by atoms with E-state index in [1.165, 1.54) is 49.4 Å².